The van der Waals surface area contributed by atoms with Gasteiger partial charge in [0.05, 0.1) is 11.9 Å². The van der Waals surface area contributed by atoms with Crippen LogP contribution in [0.3, 0.4) is 0 Å². The average Bonchev–Trinajstić information content (AvgIpc) is 1.36. The Labute approximate surface area is 98.9 Å². The van der Waals surface area contributed by atoms with E-state index in [0.29, 0.717) is 0 Å². The van der Waals surface area contributed by atoms with Gasteiger partial charge in [-0.1, -0.05) is 0 Å². The van der Waals surface area contributed by atoms with Crippen molar-refractivity contribution in [2.24, 2.45) is 0 Å². The monoisotopic (exact) mass is 306 g/mol. The van der Waals surface area contributed by atoms with Crippen molar-refractivity contribution in [1.82, 2.24) is 0 Å². The van der Waals surface area contributed by atoms with Gasteiger partial charge < -0.3 is 69.1 Å². The number of rotatable bonds is 0. The van der Waals surface area contributed by atoms with Crippen LogP contribution < -0.4 is 10.2 Å². The van der Waals surface area contributed by atoms with Crippen molar-refractivity contribution in [3.63, 3.8) is 0 Å². The molecule has 0 aromatic carbocycles. The third-order valence-corrected chi connectivity index (χ3v) is 0.167. The molecule has 0 fully saturated rings. The van der Waals surface area contributed by atoms with Gasteiger partial charge in [0.15, 0.2) is 0 Å². The summed E-state index contributed by atoms with van der Waals surface area (Å²) in [6, 6.07) is 0. The van der Waals surface area contributed by atoms with E-state index in [1.807, 2.05) is 0 Å². The molecule has 16 heavy (non-hydrogen) atoms. The zero-order chi connectivity index (χ0) is 5.15. The SMILES string of the molecule is O.O.O.O.O.O.O.O.O.O=C([O-])C(=O)[O-].[Fe+2]. The van der Waals surface area contributed by atoms with E-state index in [1.54, 1.807) is 0 Å². The van der Waals surface area contributed by atoms with Crippen LogP contribution in [0.25, 0.3) is 0 Å². The first-order valence-corrected chi connectivity index (χ1v) is 1.07. The van der Waals surface area contributed by atoms with E-state index >= 15 is 0 Å². The second-order valence-corrected chi connectivity index (χ2v) is 0.575. The van der Waals surface area contributed by atoms with Crippen molar-refractivity contribution >= 4 is 11.9 Å². The fraction of sp³-hybridized carbons (Fsp3) is 0. The van der Waals surface area contributed by atoms with E-state index in [4.69, 9.17) is 19.8 Å². The molecule has 0 amide bonds. The molecule has 0 aliphatic carbocycles. The molecule has 0 spiro atoms. The minimum atomic E-state index is -2.19. The molecule has 0 aliphatic heterocycles. The van der Waals surface area contributed by atoms with Crippen molar-refractivity contribution in [3.8, 4) is 0 Å². The van der Waals surface area contributed by atoms with Crippen molar-refractivity contribution in [2.75, 3.05) is 0 Å². The van der Waals surface area contributed by atoms with Crippen LogP contribution in [0.4, 0.5) is 0 Å². The number of hydrogen-bond donors (Lipinski definition) is 0. The Morgan fingerprint density at radius 3 is 0.562 bits per heavy atom. The first-order valence-electron chi connectivity index (χ1n) is 1.07. The number of carbonyl (C=O) groups excluding carboxylic acids is 2. The summed E-state index contributed by atoms with van der Waals surface area (Å²) >= 11 is 0. The van der Waals surface area contributed by atoms with E-state index in [0.717, 1.165) is 0 Å². The zero-order valence-corrected chi connectivity index (χ0v) is 8.59. The minimum Gasteiger partial charge on any atom is -0.543 e. The molecule has 0 saturated carbocycles. The van der Waals surface area contributed by atoms with E-state index < -0.39 is 11.9 Å². The molecule has 0 bridgehead atoms. The van der Waals surface area contributed by atoms with E-state index in [-0.39, 0.29) is 66.4 Å². The standard InChI is InChI=1S/C2H2O4.Fe.9H2O/c3-1(4)2(5)6;;;;;;;;;;/h(H,3,4)(H,5,6);;9*1H2/q;+2;;;;;;;;;/p-2. The van der Waals surface area contributed by atoms with E-state index in [1.165, 1.54) is 0 Å². The summed E-state index contributed by atoms with van der Waals surface area (Å²) in [6.07, 6.45) is 0. The Morgan fingerprint density at radius 1 is 0.500 bits per heavy atom. The van der Waals surface area contributed by atoms with Gasteiger partial charge in [0, 0.05) is 0 Å². The quantitative estimate of drug-likeness (QED) is 0.310. The molecule has 14 heteroatoms. The number of hydrogen-bond acceptors (Lipinski definition) is 4. The maximum absolute atomic E-state index is 8.93. The molecule has 0 heterocycles. The van der Waals surface area contributed by atoms with Crippen molar-refractivity contribution < 1.29 is 86.2 Å². The summed E-state index contributed by atoms with van der Waals surface area (Å²) in [6.45, 7) is 0. The van der Waals surface area contributed by atoms with Gasteiger partial charge in [-0.2, -0.15) is 0 Å². The molecule has 0 radical (unpaired) electrons. The summed E-state index contributed by atoms with van der Waals surface area (Å²) in [5.41, 5.74) is 0. The summed E-state index contributed by atoms with van der Waals surface area (Å²) in [7, 11) is 0. The fourth-order valence-corrected chi connectivity index (χ4v) is 0. The van der Waals surface area contributed by atoms with Crippen LogP contribution >= 0.6 is 0 Å². The molecule has 18 N–H and O–H groups in total. The van der Waals surface area contributed by atoms with Gasteiger partial charge in [-0.05, 0) is 0 Å². The van der Waals surface area contributed by atoms with Crippen molar-refractivity contribution in [3.05, 3.63) is 0 Å². The Morgan fingerprint density at radius 2 is 0.562 bits per heavy atom. The van der Waals surface area contributed by atoms with Gasteiger partial charge in [0.2, 0.25) is 0 Å². The van der Waals surface area contributed by atoms with Gasteiger partial charge >= 0.3 is 17.1 Å². The van der Waals surface area contributed by atoms with Crippen LogP contribution in [0.2, 0.25) is 0 Å². The van der Waals surface area contributed by atoms with Crippen molar-refractivity contribution in [1.29, 1.82) is 0 Å². The van der Waals surface area contributed by atoms with Gasteiger partial charge in [-0.15, -0.1) is 0 Å². The van der Waals surface area contributed by atoms with Gasteiger partial charge in [-0.25, -0.2) is 0 Å². The Balaban J connectivity index is -0.00000000278. The number of carbonyl (C=O) groups is 2. The fourth-order valence-electron chi connectivity index (χ4n) is 0. The van der Waals surface area contributed by atoms with Gasteiger partial charge in [0.25, 0.3) is 0 Å². The normalized spacial score (nSPS) is 2.75. The van der Waals surface area contributed by atoms with Crippen LogP contribution in [0.15, 0.2) is 0 Å². The van der Waals surface area contributed by atoms with E-state index in [2.05, 4.69) is 0 Å². The summed E-state index contributed by atoms with van der Waals surface area (Å²) in [5.74, 6) is -4.37. The molecule has 0 aromatic heterocycles. The van der Waals surface area contributed by atoms with E-state index in [9.17, 15) is 0 Å². The number of aliphatic carboxylic acids is 2. The number of carboxylic acids is 2. The zero-order valence-electron chi connectivity index (χ0n) is 7.49. The number of carboxylic acid groups (broad SMARTS) is 2. The molecule has 112 valence electrons. The topological polar surface area (TPSA) is 364 Å². The summed E-state index contributed by atoms with van der Waals surface area (Å²) in [4.78, 5) is 17.9. The molecule has 0 rings (SSSR count). The molecule has 13 nitrogen and oxygen atoms in total. The van der Waals surface area contributed by atoms with Crippen LogP contribution in [-0.2, 0) is 26.7 Å². The molecule has 0 saturated heterocycles. The van der Waals surface area contributed by atoms with Gasteiger partial charge in [-0.3, -0.25) is 0 Å². The molecular weight excluding hydrogens is 288 g/mol. The first kappa shape index (κ1) is 179. The maximum Gasteiger partial charge on any atom is 2.00 e. The largest absolute Gasteiger partial charge is 2.00 e. The van der Waals surface area contributed by atoms with Crippen LogP contribution in [-0.4, -0.2) is 61.2 Å². The Bertz CT molecular complexity index is 79.9. The van der Waals surface area contributed by atoms with Gasteiger partial charge in [0.1, 0.15) is 0 Å². The molecular formula is C2H18FeO13. The first-order chi connectivity index (χ1) is 2.64. The third kappa shape index (κ3) is 200. The third-order valence-electron chi connectivity index (χ3n) is 0.167. The van der Waals surface area contributed by atoms with Crippen LogP contribution in [0.5, 0.6) is 0 Å². The maximum atomic E-state index is 8.93. The minimum absolute atomic E-state index is 0. The van der Waals surface area contributed by atoms with Crippen LogP contribution in [0.1, 0.15) is 0 Å². The second-order valence-electron chi connectivity index (χ2n) is 0.575. The smallest absolute Gasteiger partial charge is 0.543 e. The molecule has 0 aromatic rings. The average molecular weight is 306 g/mol. The Kier molecular flexibility index (Phi) is 1040. The molecule has 0 unspecified atom stereocenters. The predicted octanol–water partition coefficient (Wildman–Crippen LogP) is -10.9. The molecule has 0 aliphatic rings. The summed E-state index contributed by atoms with van der Waals surface area (Å²) < 4.78 is 0. The summed E-state index contributed by atoms with van der Waals surface area (Å²) in [5, 5.41) is 17.9. The van der Waals surface area contributed by atoms with Crippen LogP contribution in [0, 0.1) is 0 Å². The molecule has 0 atom stereocenters. The second kappa shape index (κ2) is 93.0. The van der Waals surface area contributed by atoms with Crippen molar-refractivity contribution in [2.45, 2.75) is 0 Å². The predicted molar refractivity (Wildman–Crippen MR) is 42.5 cm³/mol. The Hall–Kier alpha value is -0.901.